The van der Waals surface area contributed by atoms with Crippen molar-refractivity contribution < 1.29 is 8.42 Å². The van der Waals surface area contributed by atoms with E-state index in [0.29, 0.717) is 12.4 Å². The minimum Gasteiger partial charge on any atom is -0.357 e. The summed E-state index contributed by atoms with van der Waals surface area (Å²) in [5, 5.41) is 3.01. The van der Waals surface area contributed by atoms with E-state index in [-0.39, 0.29) is 4.90 Å². The molecule has 0 aliphatic rings. The number of sulfone groups is 1. The molecule has 5 nitrogen and oxygen atoms in total. The topological polar surface area (TPSA) is 62.3 Å². The Kier molecular flexibility index (Phi) is 4.26. The first-order chi connectivity index (χ1) is 7.46. The number of hydrogen-bond donors (Lipinski definition) is 1. The van der Waals surface area contributed by atoms with Crippen LogP contribution in [0.15, 0.2) is 23.2 Å². The molecule has 1 heterocycles. The zero-order chi connectivity index (χ0) is 12.2. The summed E-state index contributed by atoms with van der Waals surface area (Å²) in [6.07, 6.45) is 2.79. The number of nitrogens with one attached hydrogen (secondary N) is 1. The highest BCUT2D eigenvalue weighted by molar-refractivity contribution is 7.90. The SMILES string of the molecule is CNCCN(C)c1ncccc1S(C)(=O)=O. The fraction of sp³-hybridized carbons (Fsp3) is 0.500. The molecule has 0 spiro atoms. The summed E-state index contributed by atoms with van der Waals surface area (Å²) >= 11 is 0. The van der Waals surface area contributed by atoms with Crippen LogP contribution in [0.1, 0.15) is 0 Å². The minimum absolute atomic E-state index is 0.272. The first kappa shape index (κ1) is 12.9. The average molecular weight is 243 g/mol. The molecular weight excluding hydrogens is 226 g/mol. The molecule has 0 aromatic carbocycles. The molecule has 0 aliphatic carbocycles. The lowest BCUT2D eigenvalue weighted by Crippen LogP contribution is -2.28. The van der Waals surface area contributed by atoms with Gasteiger partial charge in [-0.2, -0.15) is 0 Å². The molecule has 16 heavy (non-hydrogen) atoms. The first-order valence-corrected chi connectivity index (χ1v) is 6.86. The second-order valence-corrected chi connectivity index (χ2v) is 5.61. The fourth-order valence-electron chi connectivity index (χ4n) is 1.34. The van der Waals surface area contributed by atoms with Crippen molar-refractivity contribution in [2.75, 3.05) is 38.3 Å². The summed E-state index contributed by atoms with van der Waals surface area (Å²) in [6.45, 7) is 1.48. The van der Waals surface area contributed by atoms with E-state index in [0.717, 1.165) is 6.54 Å². The van der Waals surface area contributed by atoms with E-state index in [1.807, 2.05) is 19.0 Å². The molecule has 90 valence electrons. The van der Waals surface area contributed by atoms with Crippen LogP contribution in [0.3, 0.4) is 0 Å². The molecule has 1 rings (SSSR count). The van der Waals surface area contributed by atoms with Crippen LogP contribution in [0.25, 0.3) is 0 Å². The lowest BCUT2D eigenvalue weighted by molar-refractivity contribution is 0.601. The predicted octanol–water partition coefficient (Wildman–Crippen LogP) is 0.141. The van der Waals surface area contributed by atoms with Crippen molar-refractivity contribution in [2.24, 2.45) is 0 Å². The van der Waals surface area contributed by atoms with Gasteiger partial charge in [0.25, 0.3) is 0 Å². The lowest BCUT2D eigenvalue weighted by Gasteiger charge is -2.19. The van der Waals surface area contributed by atoms with Gasteiger partial charge in [0.15, 0.2) is 9.84 Å². The Labute approximate surface area is 96.4 Å². The van der Waals surface area contributed by atoms with Crippen LogP contribution in [0.4, 0.5) is 5.82 Å². The highest BCUT2D eigenvalue weighted by Gasteiger charge is 2.16. The summed E-state index contributed by atoms with van der Waals surface area (Å²) in [4.78, 5) is 6.22. The second kappa shape index (κ2) is 5.27. The number of aromatic nitrogens is 1. The van der Waals surface area contributed by atoms with Gasteiger partial charge in [0.1, 0.15) is 10.7 Å². The van der Waals surface area contributed by atoms with E-state index in [2.05, 4.69) is 10.3 Å². The lowest BCUT2D eigenvalue weighted by atomic mass is 10.4. The molecule has 0 saturated heterocycles. The molecule has 6 heteroatoms. The number of likely N-dealkylation sites (N-methyl/N-ethyl adjacent to an activating group) is 2. The smallest absolute Gasteiger partial charge is 0.179 e. The third-order valence-electron chi connectivity index (χ3n) is 2.21. The molecule has 1 aromatic rings. The summed E-state index contributed by atoms with van der Waals surface area (Å²) in [5.74, 6) is 0.500. The maximum Gasteiger partial charge on any atom is 0.179 e. The van der Waals surface area contributed by atoms with E-state index in [9.17, 15) is 8.42 Å². The van der Waals surface area contributed by atoms with Gasteiger partial charge in [0.05, 0.1) is 0 Å². The van der Waals surface area contributed by atoms with Crippen molar-refractivity contribution in [3.05, 3.63) is 18.3 Å². The van der Waals surface area contributed by atoms with Crippen molar-refractivity contribution in [1.82, 2.24) is 10.3 Å². The Morgan fingerprint density at radius 2 is 2.19 bits per heavy atom. The molecule has 1 aromatic heterocycles. The van der Waals surface area contributed by atoms with E-state index in [1.165, 1.54) is 6.26 Å². The van der Waals surface area contributed by atoms with Gasteiger partial charge in [-0.1, -0.05) is 0 Å². The van der Waals surface area contributed by atoms with Gasteiger partial charge in [0.2, 0.25) is 0 Å². The summed E-state index contributed by atoms with van der Waals surface area (Å²) < 4.78 is 23.1. The largest absolute Gasteiger partial charge is 0.357 e. The highest BCUT2D eigenvalue weighted by atomic mass is 32.2. The van der Waals surface area contributed by atoms with E-state index < -0.39 is 9.84 Å². The molecule has 0 amide bonds. The Hall–Kier alpha value is -1.14. The van der Waals surface area contributed by atoms with Gasteiger partial charge in [-0.25, -0.2) is 13.4 Å². The third kappa shape index (κ3) is 3.18. The third-order valence-corrected chi connectivity index (χ3v) is 3.33. The van der Waals surface area contributed by atoms with Crippen LogP contribution in [0.2, 0.25) is 0 Å². The minimum atomic E-state index is -3.23. The van der Waals surface area contributed by atoms with Crippen molar-refractivity contribution in [3.8, 4) is 0 Å². The number of pyridine rings is 1. The fourth-order valence-corrected chi connectivity index (χ4v) is 2.21. The first-order valence-electron chi connectivity index (χ1n) is 4.97. The number of anilines is 1. The average Bonchev–Trinajstić information content (AvgIpc) is 2.24. The quantitative estimate of drug-likeness (QED) is 0.797. The Bertz CT molecular complexity index is 445. The van der Waals surface area contributed by atoms with Gasteiger partial charge in [-0.3, -0.25) is 0 Å². The maximum atomic E-state index is 11.5. The monoisotopic (exact) mass is 243 g/mol. The maximum absolute atomic E-state index is 11.5. The second-order valence-electron chi connectivity index (χ2n) is 3.62. The number of rotatable bonds is 5. The van der Waals surface area contributed by atoms with Crippen molar-refractivity contribution in [2.45, 2.75) is 4.90 Å². The summed E-state index contributed by atoms with van der Waals surface area (Å²) in [6, 6.07) is 3.21. The van der Waals surface area contributed by atoms with E-state index in [4.69, 9.17) is 0 Å². The molecule has 0 bridgehead atoms. The highest BCUT2D eigenvalue weighted by Crippen LogP contribution is 2.20. The number of hydrogen-bond acceptors (Lipinski definition) is 5. The number of nitrogens with zero attached hydrogens (tertiary/aromatic N) is 2. The molecule has 0 saturated carbocycles. The van der Waals surface area contributed by atoms with Crippen LogP contribution < -0.4 is 10.2 Å². The predicted molar refractivity (Wildman–Crippen MR) is 64.5 cm³/mol. The molecule has 0 aliphatic heterocycles. The van der Waals surface area contributed by atoms with Crippen LogP contribution in [-0.4, -0.2) is 46.8 Å². The van der Waals surface area contributed by atoms with Crippen LogP contribution in [0, 0.1) is 0 Å². The zero-order valence-electron chi connectivity index (χ0n) is 9.77. The van der Waals surface area contributed by atoms with Crippen molar-refractivity contribution in [1.29, 1.82) is 0 Å². The van der Waals surface area contributed by atoms with Gasteiger partial charge in [-0.05, 0) is 19.2 Å². The Morgan fingerprint density at radius 1 is 1.50 bits per heavy atom. The standard InChI is InChI=1S/C10H17N3O2S/c1-11-7-8-13(2)10-9(16(3,14)15)5-4-6-12-10/h4-6,11H,7-8H2,1-3H3. The molecule has 0 atom stereocenters. The summed E-state index contributed by atoms with van der Waals surface area (Å²) in [5.41, 5.74) is 0. The van der Waals surface area contributed by atoms with Gasteiger partial charge >= 0.3 is 0 Å². The molecule has 0 unspecified atom stereocenters. The summed E-state index contributed by atoms with van der Waals surface area (Å²) in [7, 11) is 0.451. The Balaban J connectivity index is 3.04. The van der Waals surface area contributed by atoms with Crippen molar-refractivity contribution >= 4 is 15.7 Å². The van der Waals surface area contributed by atoms with E-state index >= 15 is 0 Å². The zero-order valence-corrected chi connectivity index (χ0v) is 10.6. The van der Waals surface area contributed by atoms with Crippen molar-refractivity contribution in [3.63, 3.8) is 0 Å². The normalized spacial score (nSPS) is 11.4. The Morgan fingerprint density at radius 3 is 2.75 bits per heavy atom. The molecular formula is C10H17N3O2S. The molecule has 0 fully saturated rings. The van der Waals surface area contributed by atoms with E-state index in [1.54, 1.807) is 18.3 Å². The van der Waals surface area contributed by atoms with Crippen LogP contribution >= 0.6 is 0 Å². The van der Waals surface area contributed by atoms with Crippen LogP contribution in [0.5, 0.6) is 0 Å². The van der Waals surface area contributed by atoms with Gasteiger partial charge in [0, 0.05) is 32.6 Å². The molecule has 0 radical (unpaired) electrons. The van der Waals surface area contributed by atoms with Gasteiger partial charge in [-0.15, -0.1) is 0 Å². The van der Waals surface area contributed by atoms with Crippen LogP contribution in [-0.2, 0) is 9.84 Å². The molecule has 1 N–H and O–H groups in total. The van der Waals surface area contributed by atoms with Gasteiger partial charge < -0.3 is 10.2 Å².